The van der Waals surface area contributed by atoms with Crippen molar-refractivity contribution in [3.8, 4) is 5.75 Å². The van der Waals surface area contributed by atoms with Gasteiger partial charge in [0.05, 0.1) is 18.5 Å². The molecule has 2 aromatic carbocycles. The van der Waals surface area contributed by atoms with Crippen molar-refractivity contribution in [2.75, 3.05) is 29.6 Å². The molecule has 0 saturated carbocycles. The van der Waals surface area contributed by atoms with Crippen LogP contribution in [-0.2, 0) is 0 Å². The predicted molar refractivity (Wildman–Crippen MR) is 102 cm³/mol. The van der Waals surface area contributed by atoms with Crippen LogP contribution in [0.3, 0.4) is 0 Å². The lowest BCUT2D eigenvalue weighted by Gasteiger charge is -2.36. The summed E-state index contributed by atoms with van der Waals surface area (Å²) in [5, 5.41) is 2.90. The first-order valence-corrected chi connectivity index (χ1v) is 8.70. The highest BCUT2D eigenvalue weighted by Crippen LogP contribution is 2.31. The number of rotatable bonds is 4. The summed E-state index contributed by atoms with van der Waals surface area (Å²) in [5.74, 6) is 0.557. The molecule has 1 heterocycles. The number of benzene rings is 2. The number of hydrogen-bond donors (Lipinski definition) is 2. The number of anilines is 3. The van der Waals surface area contributed by atoms with Gasteiger partial charge in [-0.25, -0.2) is 0 Å². The van der Waals surface area contributed by atoms with E-state index in [0.717, 1.165) is 18.0 Å². The van der Waals surface area contributed by atoms with Crippen molar-refractivity contribution in [1.82, 2.24) is 0 Å². The standard InChI is InChI=1S/C20H25N3O2/c1-14-5-3-4-12-23(14)19-11-8-16(13-18(19)21)22-20(24)15-6-9-17(25-2)10-7-15/h6-11,13-14H,3-5,12,21H2,1-2H3,(H,22,24)/t14-/m1/s1. The fourth-order valence-electron chi connectivity index (χ4n) is 3.30. The van der Waals surface area contributed by atoms with E-state index in [4.69, 9.17) is 10.5 Å². The van der Waals surface area contributed by atoms with Gasteiger partial charge in [0.25, 0.3) is 5.91 Å². The van der Waals surface area contributed by atoms with Gasteiger partial charge in [0.1, 0.15) is 5.75 Å². The van der Waals surface area contributed by atoms with E-state index in [0.29, 0.717) is 23.0 Å². The van der Waals surface area contributed by atoms with Crippen molar-refractivity contribution in [3.63, 3.8) is 0 Å². The quantitative estimate of drug-likeness (QED) is 0.829. The lowest BCUT2D eigenvalue weighted by molar-refractivity contribution is 0.102. The Morgan fingerprint density at radius 2 is 1.96 bits per heavy atom. The number of nitrogen functional groups attached to an aromatic ring is 1. The molecular weight excluding hydrogens is 314 g/mol. The van der Waals surface area contributed by atoms with Gasteiger partial charge >= 0.3 is 0 Å². The van der Waals surface area contributed by atoms with Gasteiger partial charge in [-0.05, 0) is 68.7 Å². The Labute approximate surface area is 148 Å². The Balaban J connectivity index is 1.72. The van der Waals surface area contributed by atoms with Crippen molar-refractivity contribution in [2.24, 2.45) is 0 Å². The third-order valence-electron chi connectivity index (χ3n) is 4.75. The largest absolute Gasteiger partial charge is 0.497 e. The summed E-state index contributed by atoms with van der Waals surface area (Å²) in [5.41, 5.74) is 9.28. The number of nitrogens with one attached hydrogen (secondary N) is 1. The highest BCUT2D eigenvalue weighted by molar-refractivity contribution is 6.04. The second-order valence-electron chi connectivity index (χ2n) is 6.49. The molecule has 25 heavy (non-hydrogen) atoms. The molecule has 0 radical (unpaired) electrons. The highest BCUT2D eigenvalue weighted by Gasteiger charge is 2.20. The number of carbonyl (C=O) groups excluding carboxylic acids is 1. The molecule has 2 aromatic rings. The van der Waals surface area contributed by atoms with Gasteiger partial charge in [-0.15, -0.1) is 0 Å². The number of ether oxygens (including phenoxy) is 1. The van der Waals surface area contributed by atoms with Crippen LogP contribution < -0.4 is 20.7 Å². The minimum atomic E-state index is -0.166. The first kappa shape index (κ1) is 17.1. The third kappa shape index (κ3) is 3.87. The average molecular weight is 339 g/mol. The Morgan fingerprint density at radius 1 is 1.20 bits per heavy atom. The lowest BCUT2D eigenvalue weighted by atomic mass is 10.0. The van der Waals surface area contributed by atoms with E-state index >= 15 is 0 Å². The molecule has 0 aromatic heterocycles. The summed E-state index contributed by atoms with van der Waals surface area (Å²) in [7, 11) is 1.60. The number of nitrogens with two attached hydrogens (primary N) is 1. The summed E-state index contributed by atoms with van der Waals surface area (Å²) in [4.78, 5) is 14.7. The number of hydrogen-bond acceptors (Lipinski definition) is 4. The normalized spacial score (nSPS) is 17.2. The van der Waals surface area contributed by atoms with Crippen LogP contribution in [0, 0.1) is 0 Å². The highest BCUT2D eigenvalue weighted by atomic mass is 16.5. The van der Waals surface area contributed by atoms with Gasteiger partial charge in [-0.1, -0.05) is 0 Å². The maximum Gasteiger partial charge on any atom is 0.255 e. The van der Waals surface area contributed by atoms with Crippen LogP contribution >= 0.6 is 0 Å². The molecule has 0 unspecified atom stereocenters. The van der Waals surface area contributed by atoms with Crippen molar-refractivity contribution in [1.29, 1.82) is 0 Å². The summed E-state index contributed by atoms with van der Waals surface area (Å²) in [6.07, 6.45) is 3.66. The Bertz CT molecular complexity index is 743. The molecular formula is C20H25N3O2. The zero-order chi connectivity index (χ0) is 17.8. The van der Waals surface area contributed by atoms with Crippen molar-refractivity contribution >= 4 is 23.0 Å². The molecule has 0 spiro atoms. The summed E-state index contributed by atoms with van der Waals surface area (Å²) in [6.45, 7) is 3.26. The smallest absolute Gasteiger partial charge is 0.255 e. The number of carbonyl (C=O) groups is 1. The summed E-state index contributed by atoms with van der Waals surface area (Å²) in [6, 6.07) is 13.3. The van der Waals surface area contributed by atoms with Crippen LogP contribution in [0.1, 0.15) is 36.5 Å². The molecule has 132 valence electrons. The molecule has 1 atom stereocenters. The first-order chi connectivity index (χ1) is 12.1. The van der Waals surface area contributed by atoms with Crippen molar-refractivity contribution in [3.05, 3.63) is 48.0 Å². The van der Waals surface area contributed by atoms with E-state index in [1.807, 2.05) is 18.2 Å². The van der Waals surface area contributed by atoms with Gasteiger partial charge < -0.3 is 20.7 Å². The molecule has 5 heteroatoms. The van der Waals surface area contributed by atoms with Crippen molar-refractivity contribution in [2.45, 2.75) is 32.2 Å². The van der Waals surface area contributed by atoms with Crippen LogP contribution in [0.25, 0.3) is 0 Å². The van der Waals surface area contributed by atoms with E-state index in [9.17, 15) is 4.79 Å². The summed E-state index contributed by atoms with van der Waals surface area (Å²) < 4.78 is 5.11. The summed E-state index contributed by atoms with van der Waals surface area (Å²) >= 11 is 0. The zero-order valence-electron chi connectivity index (χ0n) is 14.8. The molecule has 1 saturated heterocycles. The maximum absolute atomic E-state index is 12.4. The molecule has 1 amide bonds. The van der Waals surface area contributed by atoms with Crippen molar-refractivity contribution < 1.29 is 9.53 Å². The number of nitrogens with zero attached hydrogens (tertiary/aromatic N) is 1. The Morgan fingerprint density at radius 3 is 2.60 bits per heavy atom. The average Bonchev–Trinajstić information content (AvgIpc) is 2.63. The van der Waals surface area contributed by atoms with Crippen LogP contribution in [0.4, 0.5) is 17.1 Å². The molecule has 5 nitrogen and oxygen atoms in total. The number of piperidine rings is 1. The molecule has 1 fully saturated rings. The third-order valence-corrected chi connectivity index (χ3v) is 4.75. The minimum Gasteiger partial charge on any atom is -0.497 e. The molecule has 0 bridgehead atoms. The zero-order valence-corrected chi connectivity index (χ0v) is 14.8. The number of methoxy groups -OCH3 is 1. The van der Waals surface area contributed by atoms with Crippen LogP contribution in [-0.4, -0.2) is 25.6 Å². The van der Waals surface area contributed by atoms with E-state index in [1.165, 1.54) is 19.3 Å². The van der Waals surface area contributed by atoms with E-state index < -0.39 is 0 Å². The Hall–Kier alpha value is -2.69. The van der Waals surface area contributed by atoms with Crippen LogP contribution in [0.15, 0.2) is 42.5 Å². The van der Waals surface area contributed by atoms with Gasteiger partial charge in [0.15, 0.2) is 0 Å². The molecule has 3 N–H and O–H groups in total. The minimum absolute atomic E-state index is 0.166. The van der Waals surface area contributed by atoms with Crippen LogP contribution in [0.2, 0.25) is 0 Å². The van der Waals surface area contributed by atoms with Crippen LogP contribution in [0.5, 0.6) is 5.75 Å². The monoisotopic (exact) mass is 339 g/mol. The first-order valence-electron chi connectivity index (χ1n) is 8.70. The molecule has 1 aliphatic heterocycles. The van der Waals surface area contributed by atoms with E-state index in [-0.39, 0.29) is 5.91 Å². The fraction of sp³-hybridized carbons (Fsp3) is 0.350. The second-order valence-corrected chi connectivity index (χ2v) is 6.49. The fourth-order valence-corrected chi connectivity index (χ4v) is 3.30. The van der Waals surface area contributed by atoms with Gasteiger partial charge in [-0.2, -0.15) is 0 Å². The lowest BCUT2D eigenvalue weighted by Crippen LogP contribution is -2.37. The second kappa shape index (κ2) is 7.47. The maximum atomic E-state index is 12.4. The molecule has 3 rings (SSSR count). The Kier molecular flexibility index (Phi) is 5.12. The molecule has 0 aliphatic carbocycles. The topological polar surface area (TPSA) is 67.6 Å². The predicted octanol–water partition coefficient (Wildman–Crippen LogP) is 3.91. The number of amides is 1. The van der Waals surface area contributed by atoms with E-state index in [1.54, 1.807) is 31.4 Å². The van der Waals surface area contributed by atoms with Gasteiger partial charge in [0, 0.05) is 23.8 Å². The van der Waals surface area contributed by atoms with E-state index in [2.05, 4.69) is 17.1 Å². The SMILES string of the molecule is COc1ccc(C(=O)Nc2ccc(N3CCCC[C@H]3C)c(N)c2)cc1. The molecule has 1 aliphatic rings. The van der Waals surface area contributed by atoms with Gasteiger partial charge in [0.2, 0.25) is 0 Å². The van der Waals surface area contributed by atoms with Gasteiger partial charge in [-0.3, -0.25) is 4.79 Å².